The first kappa shape index (κ1) is 14.0. The van der Waals surface area contributed by atoms with E-state index in [-0.39, 0.29) is 16.1 Å². The molecule has 0 amide bonds. The molecule has 1 aliphatic heterocycles. The highest BCUT2D eigenvalue weighted by Gasteiger charge is 2.19. The summed E-state index contributed by atoms with van der Waals surface area (Å²) in [6, 6.07) is 3.31. The first-order valence-corrected chi connectivity index (χ1v) is 7.25. The van der Waals surface area contributed by atoms with Crippen molar-refractivity contribution in [3.05, 3.63) is 28.0 Å². The van der Waals surface area contributed by atoms with Crippen molar-refractivity contribution >= 4 is 45.8 Å². The molecule has 98 valence electrons. The summed E-state index contributed by atoms with van der Waals surface area (Å²) >= 11 is 13.2. The average Bonchev–Trinajstić information content (AvgIpc) is 2.24. The summed E-state index contributed by atoms with van der Waals surface area (Å²) in [5, 5.41) is 4.47. The summed E-state index contributed by atoms with van der Waals surface area (Å²) in [6.07, 6.45) is 1.06. The number of aliphatic imine (C=N–C) groups is 1. The standard InChI is InChI=1S/C12H13Cl2FN2S/c1-6-3-7(2)18-12(16-6)17-8-4-9(13)11(15)10(14)5-8/h4-7H,3H2,1-2H3,(H,16,17). The summed E-state index contributed by atoms with van der Waals surface area (Å²) in [4.78, 5) is 4.50. The number of thioether (sulfide) groups is 1. The Bertz CT molecular complexity index is 470. The quantitative estimate of drug-likeness (QED) is 0.753. The molecule has 0 bridgehead atoms. The lowest BCUT2D eigenvalue weighted by Crippen LogP contribution is -2.22. The Hall–Kier alpha value is -0.450. The van der Waals surface area contributed by atoms with Gasteiger partial charge in [-0.05, 0) is 25.5 Å². The van der Waals surface area contributed by atoms with E-state index in [0.29, 0.717) is 10.9 Å². The van der Waals surface area contributed by atoms with Crippen molar-refractivity contribution in [3.8, 4) is 0 Å². The van der Waals surface area contributed by atoms with E-state index in [2.05, 4.69) is 24.2 Å². The van der Waals surface area contributed by atoms with E-state index in [4.69, 9.17) is 23.2 Å². The number of hydrogen-bond donors (Lipinski definition) is 1. The van der Waals surface area contributed by atoms with Gasteiger partial charge >= 0.3 is 0 Å². The Kier molecular flexibility index (Phi) is 4.41. The van der Waals surface area contributed by atoms with E-state index in [1.807, 2.05) is 0 Å². The maximum absolute atomic E-state index is 13.3. The van der Waals surface area contributed by atoms with Crippen molar-refractivity contribution in [1.29, 1.82) is 0 Å². The molecule has 1 aromatic carbocycles. The van der Waals surface area contributed by atoms with Crippen LogP contribution in [0, 0.1) is 5.82 Å². The van der Waals surface area contributed by atoms with Crippen molar-refractivity contribution in [1.82, 2.24) is 0 Å². The SMILES string of the molecule is CC1CC(C)SC(Nc2cc(Cl)c(F)c(Cl)c2)=N1. The molecule has 18 heavy (non-hydrogen) atoms. The molecule has 2 nitrogen and oxygen atoms in total. The number of anilines is 1. The molecule has 2 atom stereocenters. The van der Waals surface area contributed by atoms with Crippen molar-refractivity contribution in [2.24, 2.45) is 4.99 Å². The minimum Gasteiger partial charge on any atom is -0.335 e. The van der Waals surface area contributed by atoms with Gasteiger partial charge in [0.15, 0.2) is 11.0 Å². The fraction of sp³-hybridized carbons (Fsp3) is 0.417. The van der Waals surface area contributed by atoms with E-state index < -0.39 is 5.82 Å². The van der Waals surface area contributed by atoms with Gasteiger partial charge in [-0.1, -0.05) is 41.9 Å². The van der Waals surface area contributed by atoms with Crippen molar-refractivity contribution < 1.29 is 4.39 Å². The zero-order chi connectivity index (χ0) is 13.3. The molecule has 0 fully saturated rings. The topological polar surface area (TPSA) is 24.4 Å². The molecule has 2 unspecified atom stereocenters. The number of benzene rings is 1. The second-order valence-corrected chi connectivity index (χ2v) is 6.57. The van der Waals surface area contributed by atoms with Crippen molar-refractivity contribution in [2.75, 3.05) is 5.32 Å². The van der Waals surface area contributed by atoms with Gasteiger partial charge in [0.25, 0.3) is 0 Å². The summed E-state index contributed by atoms with van der Waals surface area (Å²) in [5.74, 6) is -0.594. The molecule has 1 N–H and O–H groups in total. The van der Waals surface area contributed by atoms with Crippen LogP contribution in [0.4, 0.5) is 10.1 Å². The molecule has 0 saturated heterocycles. The van der Waals surface area contributed by atoms with Crippen LogP contribution in [0.15, 0.2) is 17.1 Å². The highest BCUT2D eigenvalue weighted by atomic mass is 35.5. The monoisotopic (exact) mass is 306 g/mol. The van der Waals surface area contributed by atoms with Gasteiger partial charge in [0.1, 0.15) is 0 Å². The Morgan fingerprint density at radius 3 is 2.50 bits per heavy atom. The molecule has 1 aliphatic rings. The highest BCUT2D eigenvalue weighted by Crippen LogP contribution is 2.30. The van der Waals surface area contributed by atoms with Crippen LogP contribution in [0.25, 0.3) is 0 Å². The summed E-state index contributed by atoms with van der Waals surface area (Å²) in [7, 11) is 0. The second-order valence-electron chi connectivity index (χ2n) is 4.33. The predicted octanol–water partition coefficient (Wildman–Crippen LogP) is 4.81. The number of amidine groups is 1. The maximum atomic E-state index is 13.3. The largest absolute Gasteiger partial charge is 0.335 e. The maximum Gasteiger partial charge on any atom is 0.161 e. The molecular weight excluding hydrogens is 294 g/mol. The van der Waals surface area contributed by atoms with Crippen LogP contribution >= 0.6 is 35.0 Å². The van der Waals surface area contributed by atoms with Crippen LogP contribution in [0.5, 0.6) is 0 Å². The predicted molar refractivity (Wildman–Crippen MR) is 78.6 cm³/mol. The third kappa shape index (κ3) is 3.31. The number of nitrogens with zero attached hydrogens (tertiary/aromatic N) is 1. The molecule has 0 radical (unpaired) electrons. The third-order valence-corrected chi connectivity index (χ3v) is 4.13. The normalized spacial score (nSPS) is 23.7. The molecular formula is C12H13Cl2FN2S. The fourth-order valence-corrected chi connectivity index (χ4v) is 3.48. The van der Waals surface area contributed by atoms with Crippen LogP contribution in [0.2, 0.25) is 10.0 Å². The number of hydrogen-bond acceptors (Lipinski definition) is 3. The molecule has 6 heteroatoms. The number of halogens is 3. The van der Waals surface area contributed by atoms with E-state index >= 15 is 0 Å². The number of rotatable bonds is 1. The summed E-state index contributed by atoms with van der Waals surface area (Å²) in [5.41, 5.74) is 0.652. The molecule has 0 spiro atoms. The van der Waals surface area contributed by atoms with Crippen LogP contribution in [0.3, 0.4) is 0 Å². The first-order chi connectivity index (χ1) is 8.45. The lowest BCUT2D eigenvalue weighted by molar-refractivity contribution is 0.629. The number of nitrogens with one attached hydrogen (secondary N) is 1. The van der Waals surface area contributed by atoms with Crippen molar-refractivity contribution in [3.63, 3.8) is 0 Å². The molecule has 1 aromatic rings. The molecule has 0 aliphatic carbocycles. The van der Waals surface area contributed by atoms with Gasteiger partial charge in [0.05, 0.1) is 16.1 Å². The van der Waals surface area contributed by atoms with Crippen LogP contribution < -0.4 is 5.32 Å². The van der Waals surface area contributed by atoms with Crippen LogP contribution in [0.1, 0.15) is 20.3 Å². The minimum absolute atomic E-state index is 0.00695. The fourth-order valence-electron chi connectivity index (χ4n) is 1.82. The Morgan fingerprint density at radius 1 is 1.33 bits per heavy atom. The summed E-state index contributed by atoms with van der Waals surface area (Å²) in [6.45, 7) is 4.23. The second kappa shape index (κ2) is 5.68. The minimum atomic E-state index is -0.594. The van der Waals surface area contributed by atoms with Gasteiger partial charge in [-0.15, -0.1) is 0 Å². The van der Waals surface area contributed by atoms with Crippen LogP contribution in [-0.2, 0) is 0 Å². The first-order valence-electron chi connectivity index (χ1n) is 5.61. The Morgan fingerprint density at radius 2 is 1.94 bits per heavy atom. The smallest absolute Gasteiger partial charge is 0.161 e. The van der Waals surface area contributed by atoms with Gasteiger partial charge in [0.2, 0.25) is 0 Å². The zero-order valence-electron chi connectivity index (χ0n) is 10.0. The molecule has 2 rings (SSSR count). The van der Waals surface area contributed by atoms with E-state index in [0.717, 1.165) is 11.6 Å². The van der Waals surface area contributed by atoms with Gasteiger partial charge < -0.3 is 5.32 Å². The van der Waals surface area contributed by atoms with E-state index in [1.54, 1.807) is 11.8 Å². The molecule has 0 aromatic heterocycles. The Balaban J connectivity index is 2.19. The van der Waals surface area contributed by atoms with Gasteiger partial charge in [0, 0.05) is 10.9 Å². The molecule has 1 heterocycles. The van der Waals surface area contributed by atoms with Gasteiger partial charge in [-0.25, -0.2) is 4.39 Å². The Labute approximate surface area is 120 Å². The van der Waals surface area contributed by atoms with Crippen LogP contribution in [-0.4, -0.2) is 16.5 Å². The average molecular weight is 307 g/mol. The van der Waals surface area contributed by atoms with Gasteiger partial charge in [-0.3, -0.25) is 4.99 Å². The van der Waals surface area contributed by atoms with E-state index in [9.17, 15) is 4.39 Å². The zero-order valence-corrected chi connectivity index (χ0v) is 12.3. The lowest BCUT2D eigenvalue weighted by Gasteiger charge is -2.23. The van der Waals surface area contributed by atoms with E-state index in [1.165, 1.54) is 12.1 Å². The third-order valence-electron chi connectivity index (χ3n) is 2.56. The highest BCUT2D eigenvalue weighted by molar-refractivity contribution is 8.14. The van der Waals surface area contributed by atoms with Gasteiger partial charge in [-0.2, -0.15) is 0 Å². The lowest BCUT2D eigenvalue weighted by atomic mass is 10.2. The van der Waals surface area contributed by atoms with Crippen molar-refractivity contribution in [2.45, 2.75) is 31.6 Å². The molecule has 0 saturated carbocycles. The summed E-state index contributed by atoms with van der Waals surface area (Å²) < 4.78 is 13.3.